The SMILES string of the molecule is CC1=C(C)C(O)C(CCC(=O)O)C1. The van der Waals surface area contributed by atoms with Gasteiger partial charge in [-0.15, -0.1) is 0 Å². The second-order valence-corrected chi connectivity index (χ2v) is 3.80. The van der Waals surface area contributed by atoms with Gasteiger partial charge in [-0.3, -0.25) is 4.79 Å². The summed E-state index contributed by atoms with van der Waals surface area (Å²) in [6.07, 6.45) is 1.16. The van der Waals surface area contributed by atoms with Crippen LogP contribution in [0.4, 0.5) is 0 Å². The van der Waals surface area contributed by atoms with E-state index in [2.05, 4.69) is 0 Å². The number of aliphatic carboxylic acids is 1. The molecule has 0 saturated heterocycles. The molecule has 2 atom stereocenters. The first-order valence-corrected chi connectivity index (χ1v) is 4.58. The van der Waals surface area contributed by atoms with Crippen LogP contribution >= 0.6 is 0 Å². The van der Waals surface area contributed by atoms with Crippen molar-refractivity contribution in [2.24, 2.45) is 5.92 Å². The summed E-state index contributed by atoms with van der Waals surface area (Å²) in [5, 5.41) is 18.2. The monoisotopic (exact) mass is 184 g/mol. The van der Waals surface area contributed by atoms with Crippen LogP contribution < -0.4 is 0 Å². The number of aliphatic hydroxyl groups excluding tert-OH is 1. The minimum atomic E-state index is -0.783. The van der Waals surface area contributed by atoms with E-state index < -0.39 is 12.1 Å². The number of aliphatic hydroxyl groups is 1. The van der Waals surface area contributed by atoms with Crippen molar-refractivity contribution < 1.29 is 15.0 Å². The van der Waals surface area contributed by atoms with Gasteiger partial charge in [0, 0.05) is 6.42 Å². The molecule has 0 spiro atoms. The maximum atomic E-state index is 10.3. The van der Waals surface area contributed by atoms with E-state index >= 15 is 0 Å². The van der Waals surface area contributed by atoms with E-state index in [0.717, 1.165) is 12.0 Å². The molecular weight excluding hydrogens is 168 g/mol. The van der Waals surface area contributed by atoms with Crippen molar-refractivity contribution in [1.29, 1.82) is 0 Å². The van der Waals surface area contributed by atoms with Crippen LogP contribution in [0.2, 0.25) is 0 Å². The predicted molar refractivity (Wildman–Crippen MR) is 49.4 cm³/mol. The van der Waals surface area contributed by atoms with Gasteiger partial charge in [0.25, 0.3) is 0 Å². The molecule has 74 valence electrons. The van der Waals surface area contributed by atoms with Gasteiger partial charge in [-0.1, -0.05) is 5.57 Å². The molecule has 2 unspecified atom stereocenters. The van der Waals surface area contributed by atoms with Crippen LogP contribution in [0.15, 0.2) is 11.1 Å². The Bertz CT molecular complexity index is 243. The Morgan fingerprint density at radius 2 is 2.15 bits per heavy atom. The largest absolute Gasteiger partial charge is 0.481 e. The summed E-state index contributed by atoms with van der Waals surface area (Å²) in [6, 6.07) is 0. The Kier molecular flexibility index (Phi) is 3.09. The molecule has 3 heteroatoms. The molecule has 1 rings (SSSR count). The third kappa shape index (κ3) is 2.31. The summed E-state index contributed by atoms with van der Waals surface area (Å²) in [5.74, 6) is -0.662. The Balaban J connectivity index is 2.45. The average molecular weight is 184 g/mol. The van der Waals surface area contributed by atoms with Gasteiger partial charge in [0.15, 0.2) is 0 Å². The van der Waals surface area contributed by atoms with E-state index in [4.69, 9.17) is 5.11 Å². The number of allylic oxidation sites excluding steroid dienone is 1. The van der Waals surface area contributed by atoms with Gasteiger partial charge < -0.3 is 10.2 Å². The van der Waals surface area contributed by atoms with Crippen molar-refractivity contribution in [3.05, 3.63) is 11.1 Å². The van der Waals surface area contributed by atoms with Crippen LogP contribution in [-0.4, -0.2) is 22.3 Å². The number of carboxylic acids is 1. The van der Waals surface area contributed by atoms with Crippen molar-refractivity contribution >= 4 is 5.97 Å². The Hall–Kier alpha value is -0.830. The van der Waals surface area contributed by atoms with Crippen molar-refractivity contribution in [1.82, 2.24) is 0 Å². The van der Waals surface area contributed by atoms with Crippen molar-refractivity contribution in [3.63, 3.8) is 0 Å². The second-order valence-electron chi connectivity index (χ2n) is 3.80. The van der Waals surface area contributed by atoms with Gasteiger partial charge in [-0.25, -0.2) is 0 Å². The highest BCUT2D eigenvalue weighted by molar-refractivity contribution is 5.66. The first-order valence-electron chi connectivity index (χ1n) is 4.58. The normalized spacial score (nSPS) is 28.2. The lowest BCUT2D eigenvalue weighted by Crippen LogP contribution is -2.17. The third-order valence-corrected chi connectivity index (χ3v) is 2.86. The molecule has 0 amide bonds. The average Bonchev–Trinajstić information content (AvgIpc) is 2.29. The summed E-state index contributed by atoms with van der Waals surface area (Å²) in [5.41, 5.74) is 2.23. The fraction of sp³-hybridized carbons (Fsp3) is 0.700. The van der Waals surface area contributed by atoms with Gasteiger partial charge >= 0.3 is 5.97 Å². The van der Waals surface area contributed by atoms with Crippen molar-refractivity contribution in [2.75, 3.05) is 0 Å². The van der Waals surface area contributed by atoms with Gasteiger partial charge in [0.2, 0.25) is 0 Å². The Morgan fingerprint density at radius 3 is 2.54 bits per heavy atom. The Morgan fingerprint density at radius 1 is 1.54 bits per heavy atom. The molecule has 0 fully saturated rings. The minimum absolute atomic E-state index is 0.121. The molecule has 0 saturated carbocycles. The van der Waals surface area contributed by atoms with Gasteiger partial charge in [0.05, 0.1) is 6.10 Å². The molecule has 0 aromatic rings. The van der Waals surface area contributed by atoms with Crippen LogP contribution in [-0.2, 0) is 4.79 Å². The lowest BCUT2D eigenvalue weighted by Gasteiger charge is -2.14. The number of carboxylic acid groups (broad SMARTS) is 1. The van der Waals surface area contributed by atoms with E-state index in [0.29, 0.717) is 6.42 Å². The zero-order valence-corrected chi connectivity index (χ0v) is 8.08. The number of carbonyl (C=O) groups is 1. The molecular formula is C10H16O3. The summed E-state index contributed by atoms with van der Waals surface area (Å²) in [4.78, 5) is 10.3. The van der Waals surface area contributed by atoms with E-state index in [1.165, 1.54) is 5.57 Å². The van der Waals surface area contributed by atoms with E-state index in [-0.39, 0.29) is 12.3 Å². The van der Waals surface area contributed by atoms with E-state index in [1.807, 2.05) is 13.8 Å². The van der Waals surface area contributed by atoms with Crippen LogP contribution in [0.1, 0.15) is 33.1 Å². The molecule has 0 radical (unpaired) electrons. The predicted octanol–water partition coefficient (Wildman–Crippen LogP) is 1.57. The number of hydrogen-bond acceptors (Lipinski definition) is 2. The molecule has 13 heavy (non-hydrogen) atoms. The maximum Gasteiger partial charge on any atom is 0.303 e. The highest BCUT2D eigenvalue weighted by atomic mass is 16.4. The van der Waals surface area contributed by atoms with Gasteiger partial charge in [-0.05, 0) is 38.2 Å². The van der Waals surface area contributed by atoms with Gasteiger partial charge in [-0.2, -0.15) is 0 Å². The zero-order valence-electron chi connectivity index (χ0n) is 8.08. The smallest absolute Gasteiger partial charge is 0.303 e. The molecule has 0 bridgehead atoms. The topological polar surface area (TPSA) is 57.5 Å². The van der Waals surface area contributed by atoms with Crippen LogP contribution in [0.3, 0.4) is 0 Å². The summed E-state index contributed by atoms with van der Waals surface area (Å²) in [6.45, 7) is 3.92. The highest BCUT2D eigenvalue weighted by Gasteiger charge is 2.28. The lowest BCUT2D eigenvalue weighted by molar-refractivity contribution is -0.137. The van der Waals surface area contributed by atoms with E-state index in [9.17, 15) is 9.90 Å². The second kappa shape index (κ2) is 3.92. The van der Waals surface area contributed by atoms with Crippen LogP contribution in [0.25, 0.3) is 0 Å². The molecule has 0 aliphatic heterocycles. The number of hydrogen-bond donors (Lipinski definition) is 2. The molecule has 2 N–H and O–H groups in total. The minimum Gasteiger partial charge on any atom is -0.481 e. The quantitative estimate of drug-likeness (QED) is 0.654. The summed E-state index contributed by atoms with van der Waals surface area (Å²) >= 11 is 0. The first-order chi connectivity index (χ1) is 6.02. The highest BCUT2D eigenvalue weighted by Crippen LogP contribution is 2.33. The maximum absolute atomic E-state index is 10.3. The van der Waals surface area contributed by atoms with Gasteiger partial charge in [0.1, 0.15) is 0 Å². The molecule has 0 aromatic heterocycles. The Labute approximate surface area is 78.1 Å². The molecule has 3 nitrogen and oxygen atoms in total. The first kappa shape index (κ1) is 10.3. The third-order valence-electron chi connectivity index (χ3n) is 2.86. The summed E-state index contributed by atoms with van der Waals surface area (Å²) in [7, 11) is 0. The summed E-state index contributed by atoms with van der Waals surface area (Å²) < 4.78 is 0. The molecule has 0 heterocycles. The molecule has 1 aliphatic carbocycles. The lowest BCUT2D eigenvalue weighted by atomic mass is 9.96. The van der Waals surface area contributed by atoms with Crippen molar-refractivity contribution in [2.45, 2.75) is 39.2 Å². The van der Waals surface area contributed by atoms with Crippen molar-refractivity contribution in [3.8, 4) is 0 Å². The number of rotatable bonds is 3. The van der Waals surface area contributed by atoms with Crippen LogP contribution in [0.5, 0.6) is 0 Å². The molecule has 1 aliphatic rings. The fourth-order valence-corrected chi connectivity index (χ4v) is 1.84. The fourth-order valence-electron chi connectivity index (χ4n) is 1.84. The van der Waals surface area contributed by atoms with E-state index in [1.54, 1.807) is 0 Å². The standard InChI is InChI=1S/C10H16O3/c1-6-5-8(3-4-9(11)12)10(13)7(6)2/h8,10,13H,3-5H2,1-2H3,(H,11,12). The zero-order chi connectivity index (χ0) is 10.0. The molecule has 0 aromatic carbocycles. The van der Waals surface area contributed by atoms with Crippen LogP contribution in [0, 0.1) is 5.92 Å².